The molecule has 0 bridgehead atoms. The third-order valence-electron chi connectivity index (χ3n) is 6.91. The van der Waals surface area contributed by atoms with E-state index in [1.54, 1.807) is 18.2 Å². The number of nitrogens with zero attached hydrogens (tertiary/aromatic N) is 1. The van der Waals surface area contributed by atoms with Crippen molar-refractivity contribution in [2.45, 2.75) is 25.3 Å². The molecule has 0 aromatic heterocycles. The quantitative estimate of drug-likeness (QED) is 0.0844. The van der Waals surface area contributed by atoms with E-state index in [1.807, 2.05) is 30.3 Å². The lowest BCUT2D eigenvalue weighted by molar-refractivity contribution is -0.122. The fourth-order valence-electron chi connectivity index (χ4n) is 4.62. The molecule has 0 radical (unpaired) electrons. The van der Waals surface area contributed by atoms with E-state index in [9.17, 15) is 24.6 Å². The van der Waals surface area contributed by atoms with Crippen LogP contribution in [0.5, 0.6) is 23.0 Å². The minimum atomic E-state index is -0.413. The van der Waals surface area contributed by atoms with Gasteiger partial charge in [-0.1, -0.05) is 54.6 Å². The molecule has 238 valence electrons. The van der Waals surface area contributed by atoms with Crippen molar-refractivity contribution in [2.24, 2.45) is 0 Å². The average molecular weight is 655 g/mol. The molecule has 1 unspecified atom stereocenters. The number of ketones is 3. The van der Waals surface area contributed by atoms with E-state index in [4.69, 9.17) is 32.7 Å². The Morgan fingerprint density at radius 3 is 1.93 bits per heavy atom. The van der Waals surface area contributed by atoms with Gasteiger partial charge >= 0.3 is 0 Å². The number of methoxy groups -OCH3 is 1. The van der Waals surface area contributed by atoms with Gasteiger partial charge in [-0.3, -0.25) is 19.3 Å². The second kappa shape index (κ2) is 18.6. The molecule has 3 aromatic carbocycles. The number of carbonyl (C=O) groups excluding carboxylic acids is 3. The van der Waals surface area contributed by atoms with E-state index in [1.165, 1.54) is 49.6 Å². The van der Waals surface area contributed by atoms with Crippen molar-refractivity contribution >= 4 is 52.7 Å². The summed E-state index contributed by atoms with van der Waals surface area (Å²) in [4.78, 5) is 39.6. The molecular weight excluding hydrogens is 617 g/mol. The van der Waals surface area contributed by atoms with Gasteiger partial charge < -0.3 is 19.7 Å². The summed E-state index contributed by atoms with van der Waals surface area (Å²) in [5.74, 6) is 0.152. The van der Waals surface area contributed by atoms with Gasteiger partial charge in [-0.05, 0) is 59.5 Å². The number of alkyl halides is 2. The zero-order valence-corrected chi connectivity index (χ0v) is 26.5. The van der Waals surface area contributed by atoms with Crippen LogP contribution in [0.2, 0.25) is 0 Å². The number of hydrogen-bond acceptors (Lipinski definition) is 8. The van der Waals surface area contributed by atoms with Gasteiger partial charge in [-0.15, -0.1) is 23.2 Å². The molecule has 0 aliphatic carbocycles. The van der Waals surface area contributed by atoms with Crippen LogP contribution in [0.15, 0.2) is 78.9 Å². The molecular formula is C35H37Cl2NO7. The van der Waals surface area contributed by atoms with E-state index in [2.05, 4.69) is 4.90 Å². The number of phenolic OH excluding ortho intramolecular Hbond substituents is 2. The van der Waals surface area contributed by atoms with Crippen LogP contribution in [0.25, 0.3) is 12.2 Å². The van der Waals surface area contributed by atoms with Gasteiger partial charge in [0.25, 0.3) is 0 Å². The predicted octanol–water partition coefficient (Wildman–Crippen LogP) is 6.61. The van der Waals surface area contributed by atoms with Crippen molar-refractivity contribution in [3.63, 3.8) is 0 Å². The number of halogens is 2. The Morgan fingerprint density at radius 2 is 1.38 bits per heavy atom. The number of hydrogen-bond donors (Lipinski definition) is 2. The Morgan fingerprint density at radius 1 is 0.822 bits per heavy atom. The van der Waals surface area contributed by atoms with E-state index >= 15 is 0 Å². The lowest BCUT2D eigenvalue weighted by Crippen LogP contribution is -2.33. The molecule has 0 spiro atoms. The van der Waals surface area contributed by atoms with Crippen molar-refractivity contribution in [3.05, 3.63) is 95.6 Å². The number of benzene rings is 3. The summed E-state index contributed by atoms with van der Waals surface area (Å²) in [5, 5.41) is 20.0. The lowest BCUT2D eigenvalue weighted by Gasteiger charge is -2.31. The van der Waals surface area contributed by atoms with Crippen LogP contribution in [-0.2, 0) is 14.4 Å². The van der Waals surface area contributed by atoms with Gasteiger partial charge in [0.05, 0.1) is 13.5 Å². The maximum Gasteiger partial charge on any atom is 0.170 e. The minimum Gasteiger partial charge on any atom is -0.504 e. The molecule has 0 fully saturated rings. The Kier molecular flexibility index (Phi) is 14.7. The van der Waals surface area contributed by atoms with E-state index < -0.39 is 11.6 Å². The summed E-state index contributed by atoms with van der Waals surface area (Å²) in [6.45, 7) is 1.03. The molecule has 8 nitrogen and oxygen atoms in total. The standard InChI is InChI=1S/C35H37Cl2NO7/c1-44-34-21-25(9-15-32(34)42)7-11-28(39)23-29(40)12-8-26-10-16-33(43)35(22-26)45-24-30(41)13-14-31(27-5-3-2-4-6-27)38(19-17-36)20-18-37/h2-12,15-16,21-22,31,42-43H,13-14,17-20,23-24H2,1H3/b11-7+,12-8+. The first kappa shape index (κ1) is 35.4. The van der Waals surface area contributed by atoms with Gasteiger partial charge in [0.1, 0.15) is 6.61 Å². The summed E-state index contributed by atoms with van der Waals surface area (Å²) in [7, 11) is 1.42. The molecule has 0 saturated heterocycles. The van der Waals surface area contributed by atoms with Crippen LogP contribution in [0.4, 0.5) is 0 Å². The second-order valence-electron chi connectivity index (χ2n) is 10.1. The largest absolute Gasteiger partial charge is 0.504 e. The van der Waals surface area contributed by atoms with Gasteiger partial charge in [-0.2, -0.15) is 0 Å². The minimum absolute atomic E-state index is 0.0172. The van der Waals surface area contributed by atoms with Gasteiger partial charge in [-0.25, -0.2) is 0 Å². The molecule has 3 aromatic rings. The number of carbonyl (C=O) groups is 3. The van der Waals surface area contributed by atoms with Gasteiger partial charge in [0.2, 0.25) is 0 Å². The molecule has 45 heavy (non-hydrogen) atoms. The van der Waals surface area contributed by atoms with Crippen LogP contribution < -0.4 is 9.47 Å². The predicted molar refractivity (Wildman–Crippen MR) is 177 cm³/mol. The maximum absolute atomic E-state index is 12.8. The molecule has 3 rings (SSSR count). The van der Waals surface area contributed by atoms with E-state index in [-0.39, 0.29) is 54.3 Å². The molecule has 1 atom stereocenters. The van der Waals surface area contributed by atoms with E-state index in [0.717, 1.165) is 5.56 Å². The first-order valence-corrected chi connectivity index (χ1v) is 15.5. The Balaban J connectivity index is 1.55. The first-order chi connectivity index (χ1) is 21.7. The molecule has 0 aliphatic rings. The third-order valence-corrected chi connectivity index (χ3v) is 7.25. The molecule has 2 N–H and O–H groups in total. The number of aromatic hydroxyl groups is 2. The van der Waals surface area contributed by atoms with Crippen LogP contribution in [0, 0.1) is 0 Å². The number of allylic oxidation sites excluding steroid dienone is 2. The normalized spacial score (nSPS) is 12.1. The highest BCUT2D eigenvalue weighted by Gasteiger charge is 2.21. The Labute approximate surface area is 273 Å². The fraction of sp³-hybridized carbons (Fsp3) is 0.286. The molecule has 0 aliphatic heterocycles. The molecule has 0 amide bonds. The highest BCUT2D eigenvalue weighted by Crippen LogP contribution is 2.29. The van der Waals surface area contributed by atoms with Crippen molar-refractivity contribution in [1.29, 1.82) is 0 Å². The lowest BCUT2D eigenvalue weighted by atomic mass is 9.99. The summed E-state index contributed by atoms with van der Waals surface area (Å²) >= 11 is 12.1. The fourth-order valence-corrected chi connectivity index (χ4v) is 5.05. The van der Waals surface area contributed by atoms with Crippen molar-refractivity contribution in [2.75, 3.05) is 38.6 Å². The molecule has 0 saturated carbocycles. The summed E-state index contributed by atoms with van der Waals surface area (Å²) in [5.41, 5.74) is 2.25. The Hall–Kier alpha value is -4.11. The summed E-state index contributed by atoms with van der Waals surface area (Å²) in [6, 6.07) is 19.0. The van der Waals surface area contributed by atoms with Crippen LogP contribution in [0.1, 0.15) is 42.0 Å². The number of phenols is 2. The molecule has 10 heteroatoms. The van der Waals surface area contributed by atoms with Crippen LogP contribution >= 0.6 is 23.2 Å². The zero-order chi connectivity index (χ0) is 32.6. The first-order valence-electron chi connectivity index (χ1n) is 14.4. The third kappa shape index (κ3) is 11.7. The highest BCUT2D eigenvalue weighted by molar-refractivity contribution is 6.18. The Bertz CT molecular complexity index is 1480. The number of ether oxygens (including phenoxy) is 2. The maximum atomic E-state index is 12.8. The van der Waals surface area contributed by atoms with Crippen LogP contribution in [0.3, 0.4) is 0 Å². The van der Waals surface area contributed by atoms with Crippen molar-refractivity contribution in [3.8, 4) is 23.0 Å². The zero-order valence-electron chi connectivity index (χ0n) is 25.0. The second-order valence-corrected chi connectivity index (χ2v) is 10.9. The van der Waals surface area contributed by atoms with Crippen LogP contribution in [-0.4, -0.2) is 71.0 Å². The van der Waals surface area contributed by atoms with Gasteiger partial charge in [0.15, 0.2) is 40.3 Å². The molecule has 0 heterocycles. The number of Topliss-reactive ketones (excluding diaryl/α,β-unsaturated/α-hetero) is 1. The average Bonchev–Trinajstić information content (AvgIpc) is 3.04. The van der Waals surface area contributed by atoms with Crippen molar-refractivity contribution in [1.82, 2.24) is 4.90 Å². The monoisotopic (exact) mass is 653 g/mol. The highest BCUT2D eigenvalue weighted by atomic mass is 35.5. The van der Waals surface area contributed by atoms with Crippen molar-refractivity contribution < 1.29 is 34.1 Å². The summed E-state index contributed by atoms with van der Waals surface area (Å²) in [6.07, 6.45) is 6.06. The summed E-state index contributed by atoms with van der Waals surface area (Å²) < 4.78 is 10.7. The smallest absolute Gasteiger partial charge is 0.170 e. The SMILES string of the molecule is COc1cc(/C=C/C(=O)CC(=O)/C=C/c2ccc(O)c(OCC(=O)CCC(c3ccccc3)N(CCCl)CCCl)c2)ccc1O. The topological polar surface area (TPSA) is 113 Å². The van der Waals surface area contributed by atoms with Gasteiger partial charge in [0, 0.05) is 37.3 Å². The van der Waals surface area contributed by atoms with E-state index in [0.29, 0.717) is 42.4 Å². The number of rotatable bonds is 19.